The number of hydrogen-bond acceptors (Lipinski definition) is 6. The molecule has 2 atom stereocenters. The number of carbonyl (C=O) groups is 1. The van der Waals surface area contributed by atoms with E-state index >= 15 is 0 Å². The number of aliphatic imine (C=N–C) groups is 2. The van der Waals surface area contributed by atoms with Gasteiger partial charge in [-0.25, -0.2) is 15.0 Å². The lowest BCUT2D eigenvalue weighted by atomic mass is 9.93. The largest absolute Gasteiger partial charge is 0.481 e. The Balaban J connectivity index is 1.33. The van der Waals surface area contributed by atoms with E-state index in [1.54, 1.807) is 12.3 Å². The summed E-state index contributed by atoms with van der Waals surface area (Å²) in [6, 6.07) is 9.32. The molecule has 2 unspecified atom stereocenters. The van der Waals surface area contributed by atoms with Gasteiger partial charge >= 0.3 is 5.97 Å². The molecule has 0 saturated carbocycles. The smallest absolute Gasteiger partial charge is 0.303 e. The molecule has 3 aliphatic heterocycles. The number of aromatic nitrogens is 1. The molecule has 5 rings (SSSR count). The van der Waals surface area contributed by atoms with E-state index < -0.39 is 5.97 Å². The highest BCUT2D eigenvalue weighted by Gasteiger charge is 2.39. The lowest BCUT2D eigenvalue weighted by Gasteiger charge is -2.31. The fraction of sp³-hybridized carbons (Fsp3) is 0.484. The summed E-state index contributed by atoms with van der Waals surface area (Å²) >= 11 is 12.6. The van der Waals surface area contributed by atoms with Gasteiger partial charge in [-0.05, 0) is 94.2 Å². The summed E-state index contributed by atoms with van der Waals surface area (Å²) in [5.74, 6) is 2.39. The number of halogens is 2. The van der Waals surface area contributed by atoms with Crippen LogP contribution in [0.2, 0.25) is 10.0 Å². The van der Waals surface area contributed by atoms with Crippen LogP contribution >= 0.6 is 23.2 Å². The molecule has 3 fully saturated rings. The monoisotopic (exact) mass is 612 g/mol. The van der Waals surface area contributed by atoms with E-state index in [2.05, 4.69) is 38.4 Å². The minimum Gasteiger partial charge on any atom is -0.481 e. The summed E-state index contributed by atoms with van der Waals surface area (Å²) in [7, 11) is 2.17. The Morgan fingerprint density at radius 3 is 2.38 bits per heavy atom. The van der Waals surface area contributed by atoms with Gasteiger partial charge in [0.05, 0.1) is 11.9 Å². The number of rotatable bonds is 8. The van der Waals surface area contributed by atoms with Gasteiger partial charge in [-0.1, -0.05) is 23.2 Å². The van der Waals surface area contributed by atoms with Gasteiger partial charge in [0.15, 0.2) is 0 Å². The molecular weight excluding hydrogens is 575 g/mol. The highest BCUT2D eigenvalue weighted by atomic mass is 35.5. The molecule has 2 aromatic rings. The van der Waals surface area contributed by atoms with Crippen molar-refractivity contribution in [3.8, 4) is 17.1 Å². The fourth-order valence-corrected chi connectivity index (χ4v) is 6.89. The van der Waals surface area contributed by atoms with Crippen molar-refractivity contribution >= 4 is 41.8 Å². The molecule has 9 nitrogen and oxygen atoms in total. The first-order chi connectivity index (χ1) is 20.1. The molecule has 3 aliphatic rings. The molecule has 0 aliphatic carbocycles. The number of benzene rings is 1. The number of carboxylic acids is 1. The van der Waals surface area contributed by atoms with Crippen LogP contribution < -0.4 is 4.74 Å². The second-order valence-electron chi connectivity index (χ2n) is 11.7. The van der Waals surface area contributed by atoms with Crippen LogP contribution in [0.5, 0.6) is 5.88 Å². The Morgan fingerprint density at radius 2 is 1.76 bits per heavy atom. The zero-order chi connectivity index (χ0) is 29.8. The van der Waals surface area contributed by atoms with E-state index in [0.29, 0.717) is 51.7 Å². The first kappa shape index (κ1) is 30.5. The molecule has 11 heteroatoms. The molecule has 1 aromatic heterocycles. The number of likely N-dealkylation sites (tertiary alicyclic amines) is 3. The Kier molecular flexibility index (Phi) is 9.83. The van der Waals surface area contributed by atoms with E-state index in [4.69, 9.17) is 38.0 Å². The van der Waals surface area contributed by atoms with Crippen LogP contribution in [0.15, 0.2) is 52.3 Å². The number of fused-ring (bicyclic) bond motifs is 1. The van der Waals surface area contributed by atoms with Crippen LogP contribution in [0.4, 0.5) is 0 Å². The number of aliphatic carboxylic acids is 1. The maximum atomic E-state index is 11.1. The van der Waals surface area contributed by atoms with Crippen molar-refractivity contribution in [3.63, 3.8) is 0 Å². The number of carboxylic acid groups (broad SMARTS) is 1. The van der Waals surface area contributed by atoms with Crippen LogP contribution in [0.1, 0.15) is 31.7 Å². The van der Waals surface area contributed by atoms with Crippen molar-refractivity contribution in [2.75, 3.05) is 46.3 Å². The maximum absolute atomic E-state index is 11.1. The summed E-state index contributed by atoms with van der Waals surface area (Å²) in [6.45, 7) is 12.0. The van der Waals surface area contributed by atoms with Crippen LogP contribution in [0, 0.1) is 17.8 Å². The molecule has 224 valence electrons. The summed E-state index contributed by atoms with van der Waals surface area (Å²) in [5.41, 5.74) is 2.52. The third-order valence-electron chi connectivity index (χ3n) is 8.32. The molecule has 4 heterocycles. The Bertz CT molecular complexity index is 1340. The summed E-state index contributed by atoms with van der Waals surface area (Å²) < 4.78 is 6.18. The second kappa shape index (κ2) is 13.5. The van der Waals surface area contributed by atoms with E-state index in [1.165, 1.54) is 0 Å². The van der Waals surface area contributed by atoms with Crippen molar-refractivity contribution in [2.24, 2.45) is 27.7 Å². The van der Waals surface area contributed by atoms with Gasteiger partial charge in [0.25, 0.3) is 0 Å². The van der Waals surface area contributed by atoms with Gasteiger partial charge in [0, 0.05) is 60.8 Å². The van der Waals surface area contributed by atoms with E-state index in [1.807, 2.05) is 31.2 Å². The van der Waals surface area contributed by atoms with Crippen LogP contribution in [0.25, 0.3) is 11.3 Å². The van der Waals surface area contributed by atoms with E-state index in [-0.39, 0.29) is 12.3 Å². The summed E-state index contributed by atoms with van der Waals surface area (Å²) in [6.07, 6.45) is 3.63. The van der Waals surface area contributed by atoms with Crippen LogP contribution in [0.3, 0.4) is 0 Å². The first-order valence-corrected chi connectivity index (χ1v) is 15.1. The van der Waals surface area contributed by atoms with Crippen molar-refractivity contribution in [1.82, 2.24) is 19.7 Å². The lowest BCUT2D eigenvalue weighted by Crippen LogP contribution is -2.33. The average Bonchev–Trinajstić information content (AvgIpc) is 3.47. The van der Waals surface area contributed by atoms with Crippen LogP contribution in [-0.4, -0.2) is 89.8 Å². The van der Waals surface area contributed by atoms with Gasteiger partial charge in [0.2, 0.25) is 11.8 Å². The number of ether oxygens (including phenoxy) is 1. The van der Waals surface area contributed by atoms with Crippen molar-refractivity contribution in [1.29, 1.82) is 0 Å². The zero-order valence-corrected chi connectivity index (χ0v) is 25.7. The molecule has 3 saturated heterocycles. The topological polar surface area (TPSA) is 93.9 Å². The van der Waals surface area contributed by atoms with Gasteiger partial charge in [-0.2, -0.15) is 0 Å². The van der Waals surface area contributed by atoms with Crippen molar-refractivity contribution in [3.05, 3.63) is 57.9 Å². The van der Waals surface area contributed by atoms with Crippen molar-refractivity contribution in [2.45, 2.75) is 32.7 Å². The fourth-order valence-electron chi connectivity index (χ4n) is 6.36. The number of nitrogens with zero attached hydrogens (tertiary/aromatic N) is 6. The highest BCUT2D eigenvalue weighted by molar-refractivity contribution is 6.35. The highest BCUT2D eigenvalue weighted by Crippen LogP contribution is 2.32. The Morgan fingerprint density at radius 1 is 1.10 bits per heavy atom. The molecule has 1 N–H and O–H groups in total. The number of piperidine rings is 1. The van der Waals surface area contributed by atoms with Crippen molar-refractivity contribution < 1.29 is 14.6 Å². The molecule has 0 radical (unpaired) electrons. The number of hydrogen-bond donors (Lipinski definition) is 1. The van der Waals surface area contributed by atoms with E-state index in [0.717, 1.165) is 63.2 Å². The Labute approximate surface area is 257 Å². The maximum Gasteiger partial charge on any atom is 0.303 e. The predicted molar refractivity (Wildman–Crippen MR) is 167 cm³/mol. The molecule has 0 amide bonds. The summed E-state index contributed by atoms with van der Waals surface area (Å²) in [4.78, 5) is 31.6. The van der Waals surface area contributed by atoms with Gasteiger partial charge in [-0.15, -0.1) is 0 Å². The normalized spacial score (nSPS) is 22.4. The van der Waals surface area contributed by atoms with E-state index in [9.17, 15) is 4.79 Å². The number of pyridine rings is 1. The third kappa shape index (κ3) is 7.89. The number of guanidine groups is 1. The van der Waals surface area contributed by atoms with Crippen LogP contribution in [-0.2, 0) is 11.3 Å². The third-order valence-corrected chi connectivity index (χ3v) is 8.75. The lowest BCUT2D eigenvalue weighted by molar-refractivity contribution is -0.138. The molecule has 42 heavy (non-hydrogen) atoms. The predicted octanol–water partition coefficient (Wildman–Crippen LogP) is 5.53. The molecule has 0 bridgehead atoms. The van der Waals surface area contributed by atoms with Gasteiger partial charge in [-0.3, -0.25) is 9.69 Å². The quantitative estimate of drug-likeness (QED) is 0.238. The summed E-state index contributed by atoms with van der Waals surface area (Å²) in [5, 5.41) is 10.2. The standard InChI is InChI=1S/C31H38Cl2N6O3/c1-20(14-35-31(34-2)39-18-24-16-37(3)17-25(24)19-39)42-29-9-22(15-38-6-4-21(5-7-38)10-30(40)41)8-28(36-29)23-11-26(32)13-27(33)12-23/h8-9,11-14,21,24-25H,2,4-7,10,15-19H2,1,3H3,(H,40,41)/b20-14+,35-31?. The SMILES string of the molecule is C=NC(=N/C=C(\C)Oc1cc(CN2CCC(CC(=O)O)CC2)cc(-c2cc(Cl)cc(Cl)c2)n1)N1CC2CN(C)CC2C1. The average molecular weight is 614 g/mol. The number of allylic oxidation sites excluding steroid dienone is 1. The Hall–Kier alpha value is -2.98. The van der Waals surface area contributed by atoms with Gasteiger partial charge < -0.3 is 19.6 Å². The first-order valence-electron chi connectivity index (χ1n) is 14.4. The minimum absolute atomic E-state index is 0.226. The molecular formula is C31H38Cl2N6O3. The second-order valence-corrected chi connectivity index (χ2v) is 12.6. The van der Waals surface area contributed by atoms with Gasteiger partial charge in [0.1, 0.15) is 5.76 Å². The minimum atomic E-state index is -0.728. The molecule has 0 spiro atoms. The zero-order valence-electron chi connectivity index (χ0n) is 24.2. The molecule has 1 aromatic carbocycles.